The summed E-state index contributed by atoms with van der Waals surface area (Å²) in [5.74, 6) is 0.782. The Hall–Kier alpha value is -2.01. The third-order valence-electron chi connectivity index (χ3n) is 6.77. The Balaban J connectivity index is 1.69. The Morgan fingerprint density at radius 2 is 1.30 bits per heavy atom. The van der Waals surface area contributed by atoms with Crippen molar-refractivity contribution in [2.24, 2.45) is 0 Å². The summed E-state index contributed by atoms with van der Waals surface area (Å²) in [5.41, 5.74) is 1.22. The van der Waals surface area contributed by atoms with Crippen molar-refractivity contribution in [3.05, 3.63) is 54.1 Å². The molecule has 207 valence electrons. The summed E-state index contributed by atoms with van der Waals surface area (Å²) >= 11 is 0. The zero-order valence-electron chi connectivity index (χ0n) is 23.8. The molecule has 0 saturated heterocycles. The molecule has 0 bridgehead atoms. The molecule has 0 fully saturated rings. The van der Waals surface area contributed by atoms with Crippen LogP contribution < -0.4 is 9.46 Å². The number of unbranched alkanes of at least 4 members (excludes halogenated alkanes) is 13. The van der Waals surface area contributed by atoms with Crippen molar-refractivity contribution in [1.29, 1.82) is 0 Å². The molecule has 0 unspecified atom stereocenters. The smallest absolute Gasteiger partial charge is 0.261 e. The van der Waals surface area contributed by atoms with Crippen LogP contribution in [0.4, 0.5) is 5.69 Å². The van der Waals surface area contributed by atoms with E-state index in [1.54, 1.807) is 36.4 Å². The molecule has 1 radical (unpaired) electrons. The number of sulfonamides is 1. The summed E-state index contributed by atoms with van der Waals surface area (Å²) in [5, 5.41) is 0. The Bertz CT molecular complexity index is 981. The Labute approximate surface area is 227 Å². The lowest BCUT2D eigenvalue weighted by Gasteiger charge is -2.24. The van der Waals surface area contributed by atoms with Gasteiger partial charge < -0.3 is 4.74 Å². The van der Waals surface area contributed by atoms with Crippen molar-refractivity contribution in [2.45, 2.75) is 128 Å². The van der Waals surface area contributed by atoms with E-state index in [0.29, 0.717) is 12.3 Å². The van der Waals surface area contributed by atoms with Crippen LogP contribution in [0.3, 0.4) is 0 Å². The quantitative estimate of drug-likeness (QED) is 0.185. The van der Waals surface area contributed by atoms with Gasteiger partial charge in [-0.3, -0.25) is 4.72 Å². The van der Waals surface area contributed by atoms with Crippen molar-refractivity contribution in [3.8, 4) is 5.75 Å². The SMILES string of the molecule is CCCCCCCCCCCCCCCCOc1c[c]c(NS(=O)(=O)c2ccccc2)cc1C(C)(C)C. The van der Waals surface area contributed by atoms with E-state index in [9.17, 15) is 8.42 Å². The van der Waals surface area contributed by atoms with Crippen LogP contribution >= 0.6 is 0 Å². The van der Waals surface area contributed by atoms with Crippen LogP contribution in [0.15, 0.2) is 47.4 Å². The first-order valence-electron chi connectivity index (χ1n) is 14.5. The van der Waals surface area contributed by atoms with E-state index in [4.69, 9.17) is 4.74 Å². The molecule has 37 heavy (non-hydrogen) atoms. The molecule has 2 aromatic carbocycles. The summed E-state index contributed by atoms with van der Waals surface area (Å²) < 4.78 is 34.2. The van der Waals surface area contributed by atoms with Gasteiger partial charge in [0.1, 0.15) is 5.75 Å². The molecular formula is C32H50NO3S. The lowest BCUT2D eigenvalue weighted by molar-refractivity contribution is 0.296. The monoisotopic (exact) mass is 528 g/mol. The van der Waals surface area contributed by atoms with Crippen LogP contribution in [0, 0.1) is 6.07 Å². The fourth-order valence-electron chi connectivity index (χ4n) is 4.52. The maximum atomic E-state index is 12.7. The molecule has 0 spiro atoms. The average Bonchev–Trinajstić information content (AvgIpc) is 2.86. The number of rotatable bonds is 19. The third kappa shape index (κ3) is 12.4. The van der Waals surface area contributed by atoms with E-state index >= 15 is 0 Å². The molecule has 1 N–H and O–H groups in total. The maximum Gasteiger partial charge on any atom is 0.261 e. The lowest BCUT2D eigenvalue weighted by Crippen LogP contribution is -2.17. The van der Waals surface area contributed by atoms with Crippen molar-refractivity contribution in [3.63, 3.8) is 0 Å². The van der Waals surface area contributed by atoms with Gasteiger partial charge in [-0.1, -0.05) is 129 Å². The minimum Gasteiger partial charge on any atom is -0.493 e. The first-order chi connectivity index (χ1) is 17.7. The molecule has 0 amide bonds. The summed E-state index contributed by atoms with van der Waals surface area (Å²) in [6.45, 7) is 9.27. The summed E-state index contributed by atoms with van der Waals surface area (Å²) in [7, 11) is -3.65. The van der Waals surface area contributed by atoms with Gasteiger partial charge >= 0.3 is 0 Å². The van der Waals surface area contributed by atoms with E-state index < -0.39 is 10.0 Å². The fraction of sp³-hybridized carbons (Fsp3) is 0.625. The van der Waals surface area contributed by atoms with Gasteiger partial charge in [-0.05, 0) is 36.1 Å². The van der Waals surface area contributed by atoms with E-state index in [2.05, 4.69) is 38.5 Å². The van der Waals surface area contributed by atoms with Crippen molar-refractivity contribution >= 4 is 15.7 Å². The summed E-state index contributed by atoms with van der Waals surface area (Å²) in [6, 6.07) is 15.1. The van der Waals surface area contributed by atoms with Gasteiger partial charge in [-0.2, -0.15) is 0 Å². The van der Waals surface area contributed by atoms with Crippen molar-refractivity contribution in [1.82, 2.24) is 0 Å². The van der Waals surface area contributed by atoms with Crippen LogP contribution in [-0.4, -0.2) is 15.0 Å². The molecular weight excluding hydrogens is 478 g/mol. The topological polar surface area (TPSA) is 55.4 Å². The number of hydrogen-bond acceptors (Lipinski definition) is 3. The Morgan fingerprint density at radius 3 is 1.81 bits per heavy atom. The first kappa shape index (κ1) is 31.2. The second kappa shape index (κ2) is 16.8. The Kier molecular flexibility index (Phi) is 14.1. The standard InChI is InChI=1S/C32H50NO3S/c1-5-6-7-8-9-10-11-12-13-14-15-16-17-21-26-36-31-25-24-28(27-30(31)32(2,3)4)33-37(34,35)29-22-19-18-20-23-29/h18-20,22-23,25,27,33H,5-17,21,26H2,1-4H3. The van der Waals surface area contributed by atoms with Crippen LogP contribution in [0.1, 0.15) is 123 Å². The molecule has 4 nitrogen and oxygen atoms in total. The molecule has 0 aliphatic carbocycles. The van der Waals surface area contributed by atoms with E-state index in [1.807, 2.05) is 6.07 Å². The van der Waals surface area contributed by atoms with Crippen LogP contribution in [0.2, 0.25) is 0 Å². The largest absolute Gasteiger partial charge is 0.493 e. The van der Waals surface area contributed by atoms with E-state index in [-0.39, 0.29) is 10.3 Å². The van der Waals surface area contributed by atoms with Gasteiger partial charge in [0.2, 0.25) is 0 Å². The zero-order chi connectivity index (χ0) is 27.0. The maximum absolute atomic E-state index is 12.7. The minimum atomic E-state index is -3.65. The molecule has 2 aromatic rings. The average molecular weight is 529 g/mol. The predicted molar refractivity (Wildman–Crippen MR) is 157 cm³/mol. The van der Waals surface area contributed by atoms with Gasteiger partial charge in [0.05, 0.1) is 17.2 Å². The predicted octanol–water partition coefficient (Wildman–Crippen LogP) is 9.45. The third-order valence-corrected chi connectivity index (χ3v) is 8.16. The highest BCUT2D eigenvalue weighted by molar-refractivity contribution is 7.92. The highest BCUT2D eigenvalue weighted by Crippen LogP contribution is 2.34. The van der Waals surface area contributed by atoms with Crippen LogP contribution in [-0.2, 0) is 15.4 Å². The second-order valence-corrected chi connectivity index (χ2v) is 12.9. The summed E-state index contributed by atoms with van der Waals surface area (Å²) in [6.07, 6.45) is 18.7. The zero-order valence-corrected chi connectivity index (χ0v) is 24.6. The van der Waals surface area contributed by atoms with Gasteiger partial charge in [-0.25, -0.2) is 8.42 Å². The molecule has 0 heterocycles. The van der Waals surface area contributed by atoms with Gasteiger partial charge in [0, 0.05) is 11.6 Å². The summed E-state index contributed by atoms with van der Waals surface area (Å²) in [4.78, 5) is 0.235. The van der Waals surface area contributed by atoms with Gasteiger partial charge in [0.25, 0.3) is 10.0 Å². The highest BCUT2D eigenvalue weighted by atomic mass is 32.2. The lowest BCUT2D eigenvalue weighted by atomic mass is 9.86. The second-order valence-electron chi connectivity index (χ2n) is 11.2. The van der Waals surface area contributed by atoms with Crippen LogP contribution in [0.5, 0.6) is 5.75 Å². The van der Waals surface area contributed by atoms with Crippen molar-refractivity contribution in [2.75, 3.05) is 11.3 Å². The molecule has 2 rings (SSSR count). The minimum absolute atomic E-state index is 0.188. The normalized spacial score (nSPS) is 12.0. The number of ether oxygens (including phenoxy) is 1. The van der Waals surface area contributed by atoms with E-state index in [1.165, 1.54) is 83.5 Å². The number of nitrogens with one attached hydrogen (secondary N) is 1. The molecule has 0 aliphatic rings. The highest BCUT2D eigenvalue weighted by Gasteiger charge is 2.21. The number of benzene rings is 2. The molecule has 5 heteroatoms. The van der Waals surface area contributed by atoms with Crippen molar-refractivity contribution < 1.29 is 13.2 Å². The molecule has 0 saturated carbocycles. The van der Waals surface area contributed by atoms with Crippen LogP contribution in [0.25, 0.3) is 0 Å². The van der Waals surface area contributed by atoms with Gasteiger partial charge in [-0.15, -0.1) is 0 Å². The first-order valence-corrected chi connectivity index (χ1v) is 16.0. The number of hydrogen-bond donors (Lipinski definition) is 1. The molecule has 0 aromatic heterocycles. The number of anilines is 1. The molecule has 0 aliphatic heterocycles. The Morgan fingerprint density at radius 1 is 0.784 bits per heavy atom. The van der Waals surface area contributed by atoms with E-state index in [0.717, 1.165) is 17.7 Å². The molecule has 0 atom stereocenters. The van der Waals surface area contributed by atoms with Gasteiger partial charge in [0.15, 0.2) is 0 Å². The fourth-order valence-corrected chi connectivity index (χ4v) is 5.57.